The minimum absolute atomic E-state index is 0.0262. The number of fused-ring (bicyclic) bond motifs is 1. The molecule has 2 aliphatic rings. The second-order valence-electron chi connectivity index (χ2n) is 8.52. The van der Waals surface area contributed by atoms with E-state index in [2.05, 4.69) is 15.5 Å². The monoisotopic (exact) mass is 414 g/mol. The number of likely N-dealkylation sites (tertiary alicyclic amines) is 1. The van der Waals surface area contributed by atoms with Gasteiger partial charge in [0.15, 0.2) is 5.69 Å². The normalized spacial score (nSPS) is 18.0. The first-order valence-electron chi connectivity index (χ1n) is 10.6. The number of nitrogens with zero attached hydrogens (tertiary/aromatic N) is 5. The van der Waals surface area contributed by atoms with Crippen LogP contribution < -0.4 is 5.32 Å². The molecule has 9 nitrogen and oxygen atoms in total. The molecule has 0 atom stereocenters. The molecular weight excluding hydrogens is 384 g/mol. The van der Waals surface area contributed by atoms with Crippen molar-refractivity contribution in [1.29, 1.82) is 0 Å². The van der Waals surface area contributed by atoms with Gasteiger partial charge in [-0.3, -0.25) is 19.0 Å². The minimum Gasteiger partial charge on any atom is -0.370 e. The molecule has 0 bridgehead atoms. The van der Waals surface area contributed by atoms with Crippen LogP contribution >= 0.6 is 0 Å². The summed E-state index contributed by atoms with van der Waals surface area (Å²) in [6, 6.07) is 1.83. The van der Waals surface area contributed by atoms with Gasteiger partial charge in [0.25, 0.3) is 11.8 Å². The van der Waals surface area contributed by atoms with Crippen LogP contribution in [0.2, 0.25) is 0 Å². The summed E-state index contributed by atoms with van der Waals surface area (Å²) in [5.41, 5.74) is 2.57. The first kappa shape index (κ1) is 20.6. The van der Waals surface area contributed by atoms with Crippen LogP contribution in [0.1, 0.15) is 65.8 Å². The Bertz CT molecular complexity index is 952. The molecule has 2 amide bonds. The lowest BCUT2D eigenvalue weighted by molar-refractivity contribution is -0.0990. The third-order valence-corrected chi connectivity index (χ3v) is 6.07. The van der Waals surface area contributed by atoms with Crippen LogP contribution in [0, 0.1) is 0 Å². The lowest BCUT2D eigenvalue weighted by Gasteiger charge is -2.43. The van der Waals surface area contributed by atoms with Crippen LogP contribution in [0.15, 0.2) is 12.3 Å². The third-order valence-electron chi connectivity index (χ3n) is 6.07. The number of carbonyl (C=O) groups is 2. The molecule has 4 heterocycles. The number of aromatic nitrogens is 4. The third kappa shape index (κ3) is 3.74. The number of nitrogens with one attached hydrogen (secondary N) is 1. The minimum atomic E-state index is -0.313. The molecule has 1 spiro atoms. The van der Waals surface area contributed by atoms with E-state index in [1.165, 1.54) is 0 Å². The molecule has 0 saturated carbocycles. The van der Waals surface area contributed by atoms with Crippen molar-refractivity contribution in [2.24, 2.45) is 7.05 Å². The molecule has 1 N–H and O–H groups in total. The van der Waals surface area contributed by atoms with E-state index in [1.807, 2.05) is 43.6 Å². The van der Waals surface area contributed by atoms with Crippen molar-refractivity contribution < 1.29 is 14.3 Å². The van der Waals surface area contributed by atoms with Gasteiger partial charge in [-0.1, -0.05) is 0 Å². The van der Waals surface area contributed by atoms with Gasteiger partial charge < -0.3 is 15.0 Å². The van der Waals surface area contributed by atoms with Crippen molar-refractivity contribution in [3.8, 4) is 0 Å². The van der Waals surface area contributed by atoms with E-state index in [0.717, 1.165) is 30.6 Å². The van der Waals surface area contributed by atoms with Crippen molar-refractivity contribution >= 4 is 11.8 Å². The topological polar surface area (TPSA) is 94.3 Å². The van der Waals surface area contributed by atoms with Gasteiger partial charge in [0.1, 0.15) is 5.69 Å². The van der Waals surface area contributed by atoms with Gasteiger partial charge >= 0.3 is 0 Å². The molecule has 1 fully saturated rings. The van der Waals surface area contributed by atoms with E-state index in [1.54, 1.807) is 10.7 Å². The zero-order valence-corrected chi connectivity index (χ0v) is 18.1. The first-order valence-corrected chi connectivity index (χ1v) is 10.6. The largest absolute Gasteiger partial charge is 0.370 e. The fourth-order valence-corrected chi connectivity index (χ4v) is 4.32. The number of aryl methyl sites for hydroxylation is 2. The fraction of sp³-hybridized carbons (Fsp3) is 0.619. The predicted molar refractivity (Wildman–Crippen MR) is 110 cm³/mol. The summed E-state index contributed by atoms with van der Waals surface area (Å²) in [4.78, 5) is 27.1. The van der Waals surface area contributed by atoms with Crippen molar-refractivity contribution in [3.05, 3.63) is 34.9 Å². The van der Waals surface area contributed by atoms with Gasteiger partial charge in [0, 0.05) is 56.6 Å². The van der Waals surface area contributed by atoms with E-state index in [0.29, 0.717) is 37.5 Å². The zero-order valence-electron chi connectivity index (χ0n) is 18.1. The van der Waals surface area contributed by atoms with E-state index in [9.17, 15) is 9.59 Å². The quantitative estimate of drug-likeness (QED) is 0.819. The van der Waals surface area contributed by atoms with Gasteiger partial charge in [0.2, 0.25) is 0 Å². The van der Waals surface area contributed by atoms with Crippen LogP contribution in [0.4, 0.5) is 0 Å². The Kier molecular flexibility index (Phi) is 5.40. The molecule has 2 aromatic heterocycles. The Morgan fingerprint density at radius 1 is 1.27 bits per heavy atom. The fourth-order valence-electron chi connectivity index (χ4n) is 4.32. The summed E-state index contributed by atoms with van der Waals surface area (Å²) in [6.07, 6.45) is 4.05. The number of amides is 2. The SMILES string of the molecule is CCn1ccc(C(=O)N2CCC3(CC2)Cc2c(c(C(=O)NC(C)C)nn2C)CO3)n1. The first-order chi connectivity index (χ1) is 14.3. The van der Waals surface area contributed by atoms with Crippen molar-refractivity contribution in [3.63, 3.8) is 0 Å². The average Bonchev–Trinajstić information content (AvgIpc) is 3.32. The maximum absolute atomic E-state index is 12.8. The highest BCUT2D eigenvalue weighted by molar-refractivity contribution is 5.94. The van der Waals surface area contributed by atoms with Crippen LogP contribution in [0.3, 0.4) is 0 Å². The molecule has 2 aliphatic heterocycles. The van der Waals surface area contributed by atoms with Crippen LogP contribution in [-0.4, -0.2) is 61.0 Å². The molecule has 0 aromatic carbocycles. The highest BCUT2D eigenvalue weighted by Crippen LogP contribution is 2.37. The smallest absolute Gasteiger partial charge is 0.274 e. The Labute approximate surface area is 176 Å². The summed E-state index contributed by atoms with van der Waals surface area (Å²) in [7, 11) is 1.88. The van der Waals surface area contributed by atoms with Crippen LogP contribution in [0.5, 0.6) is 0 Å². The van der Waals surface area contributed by atoms with Gasteiger partial charge in [-0.15, -0.1) is 0 Å². The second kappa shape index (κ2) is 7.86. The molecule has 0 unspecified atom stereocenters. The maximum atomic E-state index is 12.8. The number of ether oxygens (including phenoxy) is 1. The number of hydrogen-bond donors (Lipinski definition) is 1. The Morgan fingerprint density at radius 3 is 2.63 bits per heavy atom. The molecular formula is C21H30N6O3. The molecule has 30 heavy (non-hydrogen) atoms. The number of piperidine rings is 1. The number of hydrogen-bond acceptors (Lipinski definition) is 5. The van der Waals surface area contributed by atoms with Gasteiger partial charge in [-0.2, -0.15) is 10.2 Å². The summed E-state index contributed by atoms with van der Waals surface area (Å²) >= 11 is 0. The molecule has 162 valence electrons. The lowest BCUT2D eigenvalue weighted by atomic mass is 9.83. The molecule has 0 radical (unpaired) electrons. The van der Waals surface area contributed by atoms with Crippen molar-refractivity contribution in [1.82, 2.24) is 29.8 Å². The highest BCUT2D eigenvalue weighted by atomic mass is 16.5. The number of rotatable bonds is 4. The van der Waals surface area contributed by atoms with E-state index >= 15 is 0 Å². The van der Waals surface area contributed by atoms with E-state index in [-0.39, 0.29) is 23.5 Å². The average molecular weight is 415 g/mol. The predicted octanol–water partition coefficient (Wildman–Crippen LogP) is 1.52. The Morgan fingerprint density at radius 2 is 2.00 bits per heavy atom. The maximum Gasteiger partial charge on any atom is 0.274 e. The lowest BCUT2D eigenvalue weighted by Crippen LogP contribution is -2.50. The van der Waals surface area contributed by atoms with Crippen molar-refractivity contribution in [2.45, 2.75) is 64.8 Å². The van der Waals surface area contributed by atoms with Gasteiger partial charge in [-0.05, 0) is 39.7 Å². The van der Waals surface area contributed by atoms with Crippen molar-refractivity contribution in [2.75, 3.05) is 13.1 Å². The standard InChI is InChI=1S/C21H30N6O3/c1-5-27-9-6-16(23-27)20(29)26-10-7-21(8-11-26)12-17-15(13-30-21)18(24-25(17)4)19(28)22-14(2)3/h6,9,14H,5,7-8,10-13H2,1-4H3,(H,22,28). The molecule has 2 aromatic rings. The number of carbonyl (C=O) groups excluding carboxylic acids is 2. The van der Waals surface area contributed by atoms with Crippen LogP contribution in [-0.2, 0) is 31.4 Å². The molecule has 1 saturated heterocycles. The molecule has 0 aliphatic carbocycles. The second-order valence-corrected chi connectivity index (χ2v) is 8.52. The highest BCUT2D eigenvalue weighted by Gasteiger charge is 2.42. The summed E-state index contributed by atoms with van der Waals surface area (Å²) in [5.74, 6) is -0.185. The van der Waals surface area contributed by atoms with Gasteiger partial charge in [0.05, 0.1) is 12.2 Å². The summed E-state index contributed by atoms with van der Waals surface area (Å²) < 4.78 is 9.88. The Hall–Kier alpha value is -2.68. The Balaban J connectivity index is 1.44. The molecule has 4 rings (SSSR count). The summed E-state index contributed by atoms with van der Waals surface area (Å²) in [6.45, 7) is 8.24. The van der Waals surface area contributed by atoms with Gasteiger partial charge in [-0.25, -0.2) is 0 Å². The van der Waals surface area contributed by atoms with E-state index in [4.69, 9.17) is 4.74 Å². The molecule has 9 heteroatoms. The summed E-state index contributed by atoms with van der Waals surface area (Å²) in [5, 5.41) is 11.7. The zero-order chi connectivity index (χ0) is 21.5. The van der Waals surface area contributed by atoms with E-state index < -0.39 is 0 Å². The van der Waals surface area contributed by atoms with Crippen LogP contribution in [0.25, 0.3) is 0 Å².